The van der Waals surface area contributed by atoms with E-state index in [1.807, 2.05) is 6.92 Å². The minimum Gasteiger partial charge on any atom is -0.310 e. The molecule has 1 aromatic carbocycles. The molecule has 1 N–H and O–H groups in total. The molecule has 3 heteroatoms. The van der Waals surface area contributed by atoms with Gasteiger partial charge in [-0.05, 0) is 37.9 Å². The summed E-state index contributed by atoms with van der Waals surface area (Å²) in [5.74, 6) is -0.190. The fourth-order valence-electron chi connectivity index (χ4n) is 2.10. The summed E-state index contributed by atoms with van der Waals surface area (Å²) < 4.78 is 13.7. The molecule has 15 heavy (non-hydrogen) atoms. The first kappa shape index (κ1) is 10.9. The number of hydrogen-bond donors (Lipinski definition) is 1. The van der Waals surface area contributed by atoms with E-state index < -0.39 is 0 Å². The predicted molar refractivity (Wildman–Crippen MR) is 60.7 cm³/mol. The molecule has 1 aromatic rings. The number of halogens is 2. The first-order valence-corrected chi connectivity index (χ1v) is 5.76. The quantitative estimate of drug-likeness (QED) is 0.773. The van der Waals surface area contributed by atoms with Crippen molar-refractivity contribution >= 4 is 11.6 Å². The SMILES string of the molecule is Cc1ccc(F)c([C@H]2CCCCN2)c1Cl. The van der Waals surface area contributed by atoms with Crippen LogP contribution in [0.4, 0.5) is 4.39 Å². The number of rotatable bonds is 1. The summed E-state index contributed by atoms with van der Waals surface area (Å²) >= 11 is 6.15. The summed E-state index contributed by atoms with van der Waals surface area (Å²) in [5, 5.41) is 3.90. The van der Waals surface area contributed by atoms with Crippen molar-refractivity contribution in [2.45, 2.75) is 32.2 Å². The highest BCUT2D eigenvalue weighted by molar-refractivity contribution is 6.32. The highest BCUT2D eigenvalue weighted by Gasteiger charge is 2.21. The van der Waals surface area contributed by atoms with Gasteiger partial charge in [0, 0.05) is 11.6 Å². The van der Waals surface area contributed by atoms with Crippen molar-refractivity contribution in [1.82, 2.24) is 5.32 Å². The van der Waals surface area contributed by atoms with Gasteiger partial charge in [0.25, 0.3) is 0 Å². The van der Waals surface area contributed by atoms with Gasteiger partial charge in [-0.2, -0.15) is 0 Å². The number of nitrogens with one attached hydrogen (secondary N) is 1. The zero-order valence-corrected chi connectivity index (χ0v) is 9.57. The van der Waals surface area contributed by atoms with Crippen LogP contribution in [0.3, 0.4) is 0 Å². The monoisotopic (exact) mass is 227 g/mol. The first-order valence-electron chi connectivity index (χ1n) is 5.38. The van der Waals surface area contributed by atoms with Gasteiger partial charge in [0.1, 0.15) is 5.82 Å². The summed E-state index contributed by atoms with van der Waals surface area (Å²) in [7, 11) is 0. The number of benzene rings is 1. The topological polar surface area (TPSA) is 12.0 Å². The molecule has 1 fully saturated rings. The Balaban J connectivity index is 2.36. The Hall–Kier alpha value is -0.600. The fourth-order valence-corrected chi connectivity index (χ4v) is 2.38. The van der Waals surface area contributed by atoms with Crippen LogP contribution in [0.25, 0.3) is 0 Å². The summed E-state index contributed by atoms with van der Waals surface area (Å²) in [6.07, 6.45) is 3.28. The lowest BCUT2D eigenvalue weighted by Crippen LogP contribution is -2.27. The van der Waals surface area contributed by atoms with Crippen LogP contribution in [0.1, 0.15) is 36.4 Å². The van der Waals surface area contributed by atoms with Crippen LogP contribution in [0, 0.1) is 12.7 Å². The average Bonchev–Trinajstić information content (AvgIpc) is 2.26. The van der Waals surface area contributed by atoms with Crippen molar-refractivity contribution < 1.29 is 4.39 Å². The molecule has 2 rings (SSSR count). The van der Waals surface area contributed by atoms with Crippen LogP contribution >= 0.6 is 11.6 Å². The van der Waals surface area contributed by atoms with E-state index in [1.165, 1.54) is 12.5 Å². The second-order valence-corrected chi connectivity index (χ2v) is 4.47. The van der Waals surface area contributed by atoms with Gasteiger partial charge in [-0.1, -0.05) is 24.1 Å². The van der Waals surface area contributed by atoms with E-state index in [-0.39, 0.29) is 11.9 Å². The molecule has 82 valence electrons. The van der Waals surface area contributed by atoms with Gasteiger partial charge < -0.3 is 5.32 Å². The van der Waals surface area contributed by atoms with Gasteiger partial charge >= 0.3 is 0 Å². The minimum atomic E-state index is -0.190. The van der Waals surface area contributed by atoms with E-state index >= 15 is 0 Å². The molecule has 0 spiro atoms. The van der Waals surface area contributed by atoms with E-state index in [2.05, 4.69) is 5.32 Å². The molecule has 0 saturated carbocycles. The van der Waals surface area contributed by atoms with E-state index in [4.69, 9.17) is 11.6 Å². The second-order valence-electron chi connectivity index (χ2n) is 4.09. The largest absolute Gasteiger partial charge is 0.310 e. The van der Waals surface area contributed by atoms with E-state index in [0.29, 0.717) is 10.6 Å². The summed E-state index contributed by atoms with van der Waals surface area (Å²) in [6.45, 7) is 2.86. The molecule has 0 bridgehead atoms. The predicted octanol–water partition coefficient (Wildman–Crippen LogP) is 3.60. The van der Waals surface area contributed by atoms with Crippen LogP contribution in [0.2, 0.25) is 5.02 Å². The van der Waals surface area contributed by atoms with Crippen LogP contribution in [0.5, 0.6) is 0 Å². The van der Waals surface area contributed by atoms with E-state index in [0.717, 1.165) is 24.9 Å². The lowest BCUT2D eigenvalue weighted by molar-refractivity contribution is 0.400. The molecule has 1 saturated heterocycles. The normalized spacial score (nSPS) is 21.7. The van der Waals surface area contributed by atoms with Crippen LogP contribution < -0.4 is 5.32 Å². The molecule has 1 nitrogen and oxygen atoms in total. The van der Waals surface area contributed by atoms with Crippen LogP contribution in [-0.2, 0) is 0 Å². The second kappa shape index (κ2) is 4.50. The summed E-state index contributed by atoms with van der Waals surface area (Å²) in [6, 6.07) is 3.32. The third-order valence-electron chi connectivity index (χ3n) is 2.98. The standard InChI is InChI=1S/C12H15ClFN/c1-8-5-6-9(14)11(12(8)13)10-4-2-3-7-15-10/h5-6,10,15H,2-4,7H2,1H3/t10-/m1/s1. The summed E-state index contributed by atoms with van der Waals surface area (Å²) in [4.78, 5) is 0. The van der Waals surface area contributed by atoms with Gasteiger partial charge in [0.15, 0.2) is 0 Å². The Morgan fingerprint density at radius 1 is 1.40 bits per heavy atom. The maximum atomic E-state index is 13.7. The van der Waals surface area contributed by atoms with Gasteiger partial charge in [0.05, 0.1) is 5.02 Å². The lowest BCUT2D eigenvalue weighted by Gasteiger charge is -2.25. The Bertz CT molecular complexity index is 359. The lowest BCUT2D eigenvalue weighted by atomic mass is 9.96. The van der Waals surface area contributed by atoms with Crippen molar-refractivity contribution in [3.8, 4) is 0 Å². The molecule has 1 atom stereocenters. The molecule has 0 amide bonds. The fraction of sp³-hybridized carbons (Fsp3) is 0.500. The summed E-state index contributed by atoms with van der Waals surface area (Å²) in [5.41, 5.74) is 1.59. The van der Waals surface area contributed by atoms with Gasteiger partial charge in [-0.15, -0.1) is 0 Å². The smallest absolute Gasteiger partial charge is 0.129 e. The van der Waals surface area contributed by atoms with Crippen molar-refractivity contribution in [1.29, 1.82) is 0 Å². The molecule has 0 aromatic heterocycles. The first-order chi connectivity index (χ1) is 7.20. The number of piperidine rings is 1. The van der Waals surface area contributed by atoms with E-state index in [1.54, 1.807) is 6.07 Å². The molecule has 1 heterocycles. The zero-order valence-electron chi connectivity index (χ0n) is 8.82. The highest BCUT2D eigenvalue weighted by atomic mass is 35.5. The molecule has 1 aliphatic rings. The van der Waals surface area contributed by atoms with Crippen LogP contribution in [0.15, 0.2) is 12.1 Å². The van der Waals surface area contributed by atoms with E-state index in [9.17, 15) is 4.39 Å². The Morgan fingerprint density at radius 2 is 2.20 bits per heavy atom. The molecule has 0 radical (unpaired) electrons. The Morgan fingerprint density at radius 3 is 2.87 bits per heavy atom. The maximum absolute atomic E-state index is 13.7. The van der Waals surface area contributed by atoms with Crippen LogP contribution in [-0.4, -0.2) is 6.54 Å². The van der Waals surface area contributed by atoms with Crippen molar-refractivity contribution in [3.05, 3.63) is 34.1 Å². The Labute approximate surface area is 94.6 Å². The third-order valence-corrected chi connectivity index (χ3v) is 3.48. The van der Waals surface area contributed by atoms with Gasteiger partial charge in [-0.3, -0.25) is 0 Å². The van der Waals surface area contributed by atoms with Gasteiger partial charge in [-0.25, -0.2) is 4.39 Å². The average molecular weight is 228 g/mol. The highest BCUT2D eigenvalue weighted by Crippen LogP contribution is 2.32. The third kappa shape index (κ3) is 2.16. The minimum absolute atomic E-state index is 0.0890. The molecule has 0 unspecified atom stereocenters. The zero-order chi connectivity index (χ0) is 10.8. The number of hydrogen-bond acceptors (Lipinski definition) is 1. The van der Waals surface area contributed by atoms with Crippen molar-refractivity contribution in [3.63, 3.8) is 0 Å². The van der Waals surface area contributed by atoms with Gasteiger partial charge in [0.2, 0.25) is 0 Å². The van der Waals surface area contributed by atoms with Crippen molar-refractivity contribution in [2.75, 3.05) is 6.54 Å². The molecule has 0 aliphatic carbocycles. The van der Waals surface area contributed by atoms with Crippen molar-refractivity contribution in [2.24, 2.45) is 0 Å². The maximum Gasteiger partial charge on any atom is 0.129 e. The Kier molecular flexibility index (Phi) is 3.27. The molecular weight excluding hydrogens is 213 g/mol. The molecule has 1 aliphatic heterocycles. The number of aryl methyl sites for hydroxylation is 1. The molecular formula is C12H15ClFN.